The molecule has 0 aromatic heterocycles. The molecule has 5 heteroatoms. The van der Waals surface area contributed by atoms with Crippen LogP contribution in [0, 0.1) is 5.82 Å². The molecular weight excluding hydrogens is 249 g/mol. The van der Waals surface area contributed by atoms with Gasteiger partial charge in [-0.05, 0) is 36.5 Å². The fraction of sp³-hybridized carbons (Fsp3) is 0.154. The molecule has 0 aliphatic heterocycles. The van der Waals surface area contributed by atoms with Gasteiger partial charge in [0.15, 0.2) is 5.11 Å². The molecule has 0 unspecified atom stereocenters. The summed E-state index contributed by atoms with van der Waals surface area (Å²) < 4.78 is 12.7. The van der Waals surface area contributed by atoms with Gasteiger partial charge in [0.25, 0.3) is 0 Å². The van der Waals surface area contributed by atoms with E-state index in [9.17, 15) is 4.39 Å². The number of nitrogens with zero attached hydrogens (tertiary/aromatic N) is 1. The van der Waals surface area contributed by atoms with Crippen molar-refractivity contribution in [1.82, 2.24) is 10.4 Å². The van der Waals surface area contributed by atoms with E-state index >= 15 is 0 Å². The highest BCUT2D eigenvalue weighted by molar-refractivity contribution is 7.80. The number of hydrogen-bond acceptors (Lipinski definition) is 2. The van der Waals surface area contributed by atoms with Crippen molar-refractivity contribution in [2.45, 2.75) is 0 Å². The lowest BCUT2D eigenvalue weighted by Gasteiger charge is -2.22. The zero-order chi connectivity index (χ0) is 13.4. The van der Waals surface area contributed by atoms with Gasteiger partial charge >= 0.3 is 0 Å². The minimum Gasteiger partial charge on any atom is -0.332 e. The lowest BCUT2D eigenvalue weighted by Crippen LogP contribution is -2.44. The lowest BCUT2D eigenvalue weighted by atomic mass is 10.3. The molecule has 18 heavy (non-hydrogen) atoms. The van der Waals surface area contributed by atoms with E-state index in [0.29, 0.717) is 18.2 Å². The van der Waals surface area contributed by atoms with Gasteiger partial charge in [0.2, 0.25) is 0 Å². The van der Waals surface area contributed by atoms with E-state index < -0.39 is 0 Å². The van der Waals surface area contributed by atoms with E-state index in [1.165, 1.54) is 12.1 Å². The maximum absolute atomic E-state index is 12.7. The zero-order valence-electron chi connectivity index (χ0n) is 10.0. The maximum atomic E-state index is 12.7. The van der Waals surface area contributed by atoms with E-state index in [4.69, 9.17) is 12.2 Å². The normalized spacial score (nSPS) is 9.89. The Kier molecular flexibility index (Phi) is 6.04. The number of hydrogen-bond donors (Lipinski definition) is 2. The molecule has 0 atom stereocenters. The van der Waals surface area contributed by atoms with Crippen LogP contribution in [0.15, 0.2) is 49.6 Å². The summed E-state index contributed by atoms with van der Waals surface area (Å²) in [4.78, 5) is 0. The van der Waals surface area contributed by atoms with E-state index in [-0.39, 0.29) is 5.82 Å². The molecule has 0 amide bonds. The minimum atomic E-state index is -0.278. The monoisotopic (exact) mass is 265 g/mol. The van der Waals surface area contributed by atoms with Gasteiger partial charge in [-0.15, -0.1) is 13.2 Å². The molecule has 0 spiro atoms. The van der Waals surface area contributed by atoms with Crippen molar-refractivity contribution < 1.29 is 4.39 Å². The fourth-order valence-electron chi connectivity index (χ4n) is 1.31. The smallest absolute Gasteiger partial charge is 0.185 e. The van der Waals surface area contributed by atoms with Crippen LogP contribution in [0.2, 0.25) is 0 Å². The van der Waals surface area contributed by atoms with Crippen molar-refractivity contribution >= 4 is 23.0 Å². The fourth-order valence-corrected chi connectivity index (χ4v) is 1.56. The van der Waals surface area contributed by atoms with Crippen molar-refractivity contribution in [2.24, 2.45) is 0 Å². The minimum absolute atomic E-state index is 0.278. The highest BCUT2D eigenvalue weighted by atomic mass is 32.1. The Morgan fingerprint density at radius 1 is 1.22 bits per heavy atom. The first-order chi connectivity index (χ1) is 8.65. The summed E-state index contributed by atoms with van der Waals surface area (Å²) >= 11 is 5.15. The molecule has 0 saturated heterocycles. The molecule has 96 valence electrons. The van der Waals surface area contributed by atoms with Gasteiger partial charge in [-0.3, -0.25) is 5.43 Å². The first kappa shape index (κ1) is 14.3. The molecule has 1 aromatic carbocycles. The Balaban J connectivity index is 2.51. The van der Waals surface area contributed by atoms with E-state index in [2.05, 4.69) is 23.9 Å². The first-order valence-corrected chi connectivity index (χ1v) is 5.86. The maximum Gasteiger partial charge on any atom is 0.185 e. The number of nitrogens with one attached hydrogen (secondary N) is 2. The summed E-state index contributed by atoms with van der Waals surface area (Å²) in [6.07, 6.45) is 3.52. The van der Waals surface area contributed by atoms with E-state index in [1.54, 1.807) is 24.3 Å². The number of halogens is 1. The van der Waals surface area contributed by atoms with Gasteiger partial charge in [-0.1, -0.05) is 12.2 Å². The van der Waals surface area contributed by atoms with Crippen LogP contribution in [-0.2, 0) is 0 Å². The molecule has 0 bridgehead atoms. The molecule has 0 aliphatic rings. The number of rotatable bonds is 6. The van der Waals surface area contributed by atoms with Gasteiger partial charge < -0.3 is 5.32 Å². The van der Waals surface area contributed by atoms with Gasteiger partial charge in [0, 0.05) is 18.8 Å². The topological polar surface area (TPSA) is 27.3 Å². The summed E-state index contributed by atoms with van der Waals surface area (Å²) in [7, 11) is 0. The Labute approximate surface area is 112 Å². The lowest BCUT2D eigenvalue weighted by molar-refractivity contribution is 0.294. The van der Waals surface area contributed by atoms with Gasteiger partial charge in [-0.2, -0.15) is 0 Å². The molecule has 2 N–H and O–H groups in total. The summed E-state index contributed by atoms with van der Waals surface area (Å²) in [5.41, 5.74) is 3.73. The van der Waals surface area contributed by atoms with Gasteiger partial charge in [0.05, 0.1) is 0 Å². The third-order valence-electron chi connectivity index (χ3n) is 2.06. The highest BCUT2D eigenvalue weighted by Crippen LogP contribution is 2.07. The quantitative estimate of drug-likeness (QED) is 0.470. The second-order valence-corrected chi connectivity index (χ2v) is 3.96. The molecule has 3 nitrogen and oxygen atoms in total. The standard InChI is InChI=1S/C13H16FN3S/c1-3-9-17(10-4-2)16-13(18)15-12-7-5-11(14)6-8-12/h3-8H,1-2,9-10H2,(H2,15,16,18). The van der Waals surface area contributed by atoms with Crippen LogP contribution in [0.5, 0.6) is 0 Å². The van der Waals surface area contributed by atoms with Crippen molar-refractivity contribution in [3.05, 3.63) is 55.4 Å². The van der Waals surface area contributed by atoms with Crippen molar-refractivity contribution in [3.63, 3.8) is 0 Å². The van der Waals surface area contributed by atoms with Crippen LogP contribution >= 0.6 is 12.2 Å². The molecule has 0 saturated carbocycles. The Hall–Kier alpha value is -1.72. The summed E-state index contributed by atoms with van der Waals surface area (Å²) in [6, 6.07) is 5.98. The highest BCUT2D eigenvalue weighted by Gasteiger charge is 2.03. The van der Waals surface area contributed by atoms with Crippen molar-refractivity contribution in [3.8, 4) is 0 Å². The SMILES string of the molecule is C=CCN(CC=C)NC(=S)Nc1ccc(F)cc1. The third-order valence-corrected chi connectivity index (χ3v) is 2.25. The second-order valence-electron chi connectivity index (χ2n) is 3.56. The molecule has 0 radical (unpaired) electrons. The first-order valence-electron chi connectivity index (χ1n) is 5.45. The van der Waals surface area contributed by atoms with Crippen LogP contribution in [0.25, 0.3) is 0 Å². The van der Waals surface area contributed by atoms with Crippen LogP contribution in [0.1, 0.15) is 0 Å². The largest absolute Gasteiger partial charge is 0.332 e. The summed E-state index contributed by atoms with van der Waals surface area (Å²) in [5, 5.41) is 5.24. The van der Waals surface area contributed by atoms with Crippen LogP contribution in [0.3, 0.4) is 0 Å². The number of benzene rings is 1. The number of anilines is 1. The zero-order valence-corrected chi connectivity index (χ0v) is 10.8. The molecule has 0 fully saturated rings. The van der Waals surface area contributed by atoms with Crippen LogP contribution in [-0.4, -0.2) is 23.2 Å². The third kappa shape index (κ3) is 5.07. The average molecular weight is 265 g/mol. The van der Waals surface area contributed by atoms with E-state index in [0.717, 1.165) is 5.69 Å². The van der Waals surface area contributed by atoms with E-state index in [1.807, 2.05) is 5.01 Å². The molecule has 0 heterocycles. The predicted octanol–water partition coefficient (Wildman–Crippen LogP) is 2.70. The molecule has 1 rings (SSSR count). The Bertz CT molecular complexity index is 407. The average Bonchev–Trinajstić information content (AvgIpc) is 2.33. The van der Waals surface area contributed by atoms with Crippen molar-refractivity contribution in [1.29, 1.82) is 0 Å². The predicted molar refractivity (Wildman–Crippen MR) is 77.7 cm³/mol. The molecular formula is C13H16FN3S. The van der Waals surface area contributed by atoms with Gasteiger partial charge in [0.1, 0.15) is 5.82 Å². The van der Waals surface area contributed by atoms with Crippen LogP contribution < -0.4 is 10.7 Å². The second kappa shape index (κ2) is 7.58. The number of thiocarbonyl (C=S) groups is 1. The molecule has 0 aliphatic carbocycles. The molecule has 1 aromatic rings. The Morgan fingerprint density at radius 3 is 2.28 bits per heavy atom. The van der Waals surface area contributed by atoms with Gasteiger partial charge in [-0.25, -0.2) is 9.40 Å². The summed E-state index contributed by atoms with van der Waals surface area (Å²) in [6.45, 7) is 8.60. The summed E-state index contributed by atoms with van der Waals surface area (Å²) in [5.74, 6) is -0.278. The van der Waals surface area contributed by atoms with Crippen molar-refractivity contribution in [2.75, 3.05) is 18.4 Å². The van der Waals surface area contributed by atoms with Crippen LogP contribution in [0.4, 0.5) is 10.1 Å². The number of hydrazine groups is 1. The Morgan fingerprint density at radius 2 is 1.78 bits per heavy atom.